The summed E-state index contributed by atoms with van der Waals surface area (Å²) >= 11 is 0. The Hall–Kier alpha value is -1.30. The molecule has 1 N–H and O–H groups in total. The summed E-state index contributed by atoms with van der Waals surface area (Å²) in [6.07, 6.45) is -0.153. The molecule has 2 atom stereocenters. The summed E-state index contributed by atoms with van der Waals surface area (Å²) in [5, 5.41) is 9.30. The van der Waals surface area contributed by atoms with Crippen molar-refractivity contribution in [2.75, 3.05) is 13.2 Å². The minimum atomic E-state index is -0.698. The van der Waals surface area contributed by atoms with Crippen LogP contribution in [-0.2, 0) is 14.3 Å². The van der Waals surface area contributed by atoms with Gasteiger partial charge < -0.3 is 14.6 Å². The zero-order valence-corrected chi connectivity index (χ0v) is 13.8. The van der Waals surface area contributed by atoms with E-state index in [0.29, 0.717) is 13.0 Å². The number of amides is 1. The zero-order chi connectivity index (χ0) is 16.4. The maximum Gasteiger partial charge on any atom is 0.411 e. The molecule has 0 aromatic heterocycles. The Balaban J connectivity index is 2.83. The molecule has 21 heavy (non-hydrogen) atoms. The van der Waals surface area contributed by atoms with Crippen LogP contribution in [0.3, 0.4) is 0 Å². The van der Waals surface area contributed by atoms with E-state index >= 15 is 0 Å². The second kappa shape index (κ2) is 6.22. The molecule has 0 aromatic carbocycles. The van der Waals surface area contributed by atoms with Crippen LogP contribution in [0.25, 0.3) is 0 Å². The maximum absolute atomic E-state index is 12.2. The highest BCUT2D eigenvalue weighted by Gasteiger charge is 2.43. The van der Waals surface area contributed by atoms with E-state index in [0.717, 1.165) is 0 Å². The van der Waals surface area contributed by atoms with Gasteiger partial charge in [-0.1, -0.05) is 0 Å². The van der Waals surface area contributed by atoms with Gasteiger partial charge in [-0.2, -0.15) is 0 Å². The van der Waals surface area contributed by atoms with Crippen molar-refractivity contribution in [3.8, 4) is 0 Å². The van der Waals surface area contributed by atoms with Gasteiger partial charge in [0.25, 0.3) is 0 Å². The first kappa shape index (κ1) is 17.8. The normalized spacial score (nSPS) is 23.1. The Morgan fingerprint density at radius 2 is 1.62 bits per heavy atom. The molecule has 0 spiro atoms. The topological polar surface area (TPSA) is 76.1 Å². The molecule has 122 valence electrons. The van der Waals surface area contributed by atoms with Gasteiger partial charge in [0.05, 0.1) is 0 Å². The van der Waals surface area contributed by atoms with Crippen molar-refractivity contribution in [3.05, 3.63) is 0 Å². The number of likely N-dealkylation sites (tertiary alicyclic amines) is 1. The van der Waals surface area contributed by atoms with E-state index in [1.807, 2.05) is 0 Å². The second-order valence-electron chi connectivity index (χ2n) is 7.47. The summed E-state index contributed by atoms with van der Waals surface area (Å²) in [4.78, 5) is 25.8. The average molecular weight is 301 g/mol. The number of nitrogens with zero attached hydrogens (tertiary/aromatic N) is 1. The molecule has 1 rings (SSSR count). The van der Waals surface area contributed by atoms with E-state index < -0.39 is 29.3 Å². The number of esters is 1. The lowest BCUT2D eigenvalue weighted by molar-refractivity contribution is -0.160. The molecule has 6 nitrogen and oxygen atoms in total. The monoisotopic (exact) mass is 301 g/mol. The molecule has 1 aliphatic rings. The molecule has 1 aliphatic heterocycles. The van der Waals surface area contributed by atoms with Crippen LogP contribution in [0.4, 0.5) is 4.79 Å². The molecule has 0 aromatic rings. The lowest BCUT2D eigenvalue weighted by Crippen LogP contribution is -2.45. The summed E-state index contributed by atoms with van der Waals surface area (Å²) in [5.41, 5.74) is -1.25. The molecule has 2 unspecified atom stereocenters. The summed E-state index contributed by atoms with van der Waals surface area (Å²) in [7, 11) is 0. The fourth-order valence-corrected chi connectivity index (χ4v) is 2.17. The van der Waals surface area contributed by atoms with Crippen LogP contribution < -0.4 is 0 Å². The summed E-state index contributed by atoms with van der Waals surface area (Å²) in [6.45, 7) is 10.9. The predicted molar refractivity (Wildman–Crippen MR) is 77.8 cm³/mol. The molecule has 0 radical (unpaired) electrons. The Morgan fingerprint density at radius 1 is 1.10 bits per heavy atom. The third-order valence-corrected chi connectivity index (χ3v) is 2.95. The van der Waals surface area contributed by atoms with E-state index in [-0.39, 0.29) is 12.5 Å². The SMILES string of the molecule is CC(C)(C)OC(=O)C1CC(CO)CN1C(=O)OC(C)(C)C. The summed E-state index contributed by atoms with van der Waals surface area (Å²) in [6, 6.07) is -0.698. The van der Waals surface area contributed by atoms with Gasteiger partial charge in [0, 0.05) is 19.1 Å². The Morgan fingerprint density at radius 3 is 2.05 bits per heavy atom. The van der Waals surface area contributed by atoms with Crippen molar-refractivity contribution in [3.63, 3.8) is 0 Å². The first-order chi connectivity index (χ1) is 9.43. The van der Waals surface area contributed by atoms with Crippen molar-refractivity contribution in [2.24, 2.45) is 5.92 Å². The van der Waals surface area contributed by atoms with Gasteiger partial charge >= 0.3 is 12.1 Å². The number of hydrogen-bond acceptors (Lipinski definition) is 5. The molecule has 1 saturated heterocycles. The van der Waals surface area contributed by atoms with E-state index in [2.05, 4.69) is 0 Å². The smallest absolute Gasteiger partial charge is 0.411 e. The minimum Gasteiger partial charge on any atom is -0.458 e. The molecule has 0 aliphatic carbocycles. The fourth-order valence-electron chi connectivity index (χ4n) is 2.17. The molecular formula is C15H27NO5. The number of hydrogen-bond donors (Lipinski definition) is 1. The van der Waals surface area contributed by atoms with Gasteiger partial charge in [0.15, 0.2) is 0 Å². The average Bonchev–Trinajstić information content (AvgIpc) is 2.68. The number of carbonyl (C=O) groups is 2. The van der Waals surface area contributed by atoms with Gasteiger partial charge in [-0.3, -0.25) is 4.90 Å². The fraction of sp³-hybridized carbons (Fsp3) is 0.867. The molecule has 1 heterocycles. The molecule has 0 bridgehead atoms. The van der Waals surface area contributed by atoms with Gasteiger partial charge in [0.2, 0.25) is 0 Å². The highest BCUT2D eigenvalue weighted by atomic mass is 16.6. The first-order valence-corrected chi connectivity index (χ1v) is 7.26. The largest absolute Gasteiger partial charge is 0.458 e. The Bertz CT molecular complexity index is 358. The van der Waals surface area contributed by atoms with Gasteiger partial charge in [-0.05, 0) is 48.0 Å². The van der Waals surface area contributed by atoms with Crippen LogP contribution in [0.1, 0.15) is 48.0 Å². The minimum absolute atomic E-state index is 0.0708. The van der Waals surface area contributed by atoms with Crippen LogP contribution in [0.5, 0.6) is 0 Å². The molecule has 1 fully saturated rings. The number of carbonyl (C=O) groups excluding carboxylic acids is 2. The lowest BCUT2D eigenvalue weighted by Gasteiger charge is -2.29. The van der Waals surface area contributed by atoms with Crippen molar-refractivity contribution in [2.45, 2.75) is 65.2 Å². The van der Waals surface area contributed by atoms with Crippen LogP contribution in [0, 0.1) is 5.92 Å². The molecule has 6 heteroatoms. The van der Waals surface area contributed by atoms with Crippen LogP contribution in [0.2, 0.25) is 0 Å². The van der Waals surface area contributed by atoms with Crippen LogP contribution in [-0.4, -0.2) is 52.5 Å². The number of aliphatic hydroxyl groups is 1. The zero-order valence-electron chi connectivity index (χ0n) is 13.8. The van der Waals surface area contributed by atoms with Gasteiger partial charge in [0.1, 0.15) is 17.2 Å². The number of ether oxygens (including phenoxy) is 2. The third kappa shape index (κ3) is 5.53. The van der Waals surface area contributed by atoms with Crippen molar-refractivity contribution in [1.29, 1.82) is 0 Å². The maximum atomic E-state index is 12.2. The van der Waals surface area contributed by atoms with Gasteiger partial charge in [-0.15, -0.1) is 0 Å². The highest BCUT2D eigenvalue weighted by molar-refractivity contribution is 5.82. The predicted octanol–water partition coefficient (Wildman–Crippen LogP) is 1.95. The van der Waals surface area contributed by atoms with Crippen molar-refractivity contribution >= 4 is 12.1 Å². The van der Waals surface area contributed by atoms with E-state index in [1.54, 1.807) is 41.5 Å². The number of aliphatic hydroxyl groups excluding tert-OH is 1. The Labute approximate surface area is 126 Å². The molecular weight excluding hydrogens is 274 g/mol. The summed E-state index contributed by atoms with van der Waals surface area (Å²) in [5.74, 6) is -0.584. The van der Waals surface area contributed by atoms with Gasteiger partial charge in [-0.25, -0.2) is 9.59 Å². The third-order valence-electron chi connectivity index (χ3n) is 2.95. The van der Waals surface area contributed by atoms with E-state index in [4.69, 9.17) is 9.47 Å². The lowest BCUT2D eigenvalue weighted by atomic mass is 10.1. The van der Waals surface area contributed by atoms with E-state index in [9.17, 15) is 14.7 Å². The number of rotatable bonds is 2. The standard InChI is InChI=1S/C15H27NO5/c1-14(2,3)20-12(18)11-7-10(9-17)8-16(11)13(19)21-15(4,5)6/h10-11,17H,7-9H2,1-6H3. The Kier molecular flexibility index (Phi) is 5.25. The first-order valence-electron chi connectivity index (χ1n) is 7.26. The molecule has 1 amide bonds. The van der Waals surface area contributed by atoms with Crippen molar-refractivity contribution < 1.29 is 24.2 Å². The van der Waals surface area contributed by atoms with Crippen molar-refractivity contribution in [1.82, 2.24) is 4.90 Å². The highest BCUT2D eigenvalue weighted by Crippen LogP contribution is 2.27. The second-order valence-corrected chi connectivity index (χ2v) is 7.47. The van der Waals surface area contributed by atoms with E-state index in [1.165, 1.54) is 4.90 Å². The molecule has 0 saturated carbocycles. The van der Waals surface area contributed by atoms with Crippen LogP contribution in [0.15, 0.2) is 0 Å². The summed E-state index contributed by atoms with van der Waals surface area (Å²) < 4.78 is 10.7. The van der Waals surface area contributed by atoms with Crippen LogP contribution >= 0.6 is 0 Å². The quantitative estimate of drug-likeness (QED) is 0.789.